The number of benzene rings is 3. The van der Waals surface area contributed by atoms with E-state index in [0.717, 1.165) is 38.1 Å². The van der Waals surface area contributed by atoms with Crippen LogP contribution in [0, 0.1) is 27.7 Å². The van der Waals surface area contributed by atoms with Crippen molar-refractivity contribution in [3.63, 3.8) is 0 Å². The van der Waals surface area contributed by atoms with Crippen LogP contribution in [0.15, 0.2) is 88.9 Å². The molecular formula is C30H32N4O4S. The average molecular weight is 545 g/mol. The second-order valence-electron chi connectivity index (χ2n) is 9.32. The second kappa shape index (κ2) is 11.6. The number of aryl methyl sites for hydroxylation is 3. The molecule has 0 fully saturated rings. The van der Waals surface area contributed by atoms with E-state index in [4.69, 9.17) is 4.74 Å². The molecule has 0 aliphatic carbocycles. The number of anilines is 1. The third-order valence-corrected chi connectivity index (χ3v) is 8.17. The van der Waals surface area contributed by atoms with Gasteiger partial charge in [-0.2, -0.15) is 5.10 Å². The van der Waals surface area contributed by atoms with Crippen LogP contribution in [0.25, 0.3) is 5.69 Å². The van der Waals surface area contributed by atoms with Gasteiger partial charge in [0, 0.05) is 22.6 Å². The van der Waals surface area contributed by atoms with Gasteiger partial charge in [0.15, 0.2) is 0 Å². The number of carbonyl (C=O) groups is 1. The summed E-state index contributed by atoms with van der Waals surface area (Å²) in [5.41, 5.74) is 8.79. The summed E-state index contributed by atoms with van der Waals surface area (Å²) >= 11 is 0. The quantitative estimate of drug-likeness (QED) is 0.235. The standard InChI is InChI=1S/C30H32N4O4S/c1-21-9-15-29(16-10-21)39(36,37)33(26-11-13-28(38-5)14-12-26)20-30(35)32-31-19-25-18-23(3)34(24(25)4)27-8-6-7-22(2)17-27/h6-19H,20H2,1-5H3,(H,32,35)/b31-19+. The van der Waals surface area contributed by atoms with Gasteiger partial charge in [-0.15, -0.1) is 0 Å². The first-order valence-electron chi connectivity index (χ1n) is 12.4. The SMILES string of the molecule is COc1ccc(N(CC(=O)N/N=C/c2cc(C)n(-c3cccc(C)c3)c2C)S(=O)(=O)c2ccc(C)cc2)cc1. The van der Waals surface area contributed by atoms with Crippen LogP contribution in [0.5, 0.6) is 5.75 Å². The molecule has 0 radical (unpaired) electrons. The predicted octanol–water partition coefficient (Wildman–Crippen LogP) is 5.07. The van der Waals surface area contributed by atoms with Crippen molar-refractivity contribution >= 4 is 27.8 Å². The summed E-state index contributed by atoms with van der Waals surface area (Å²) in [4.78, 5) is 13.0. The Morgan fingerprint density at radius 3 is 2.28 bits per heavy atom. The number of nitrogens with zero attached hydrogens (tertiary/aromatic N) is 3. The lowest BCUT2D eigenvalue weighted by Gasteiger charge is -2.24. The Kier molecular flexibility index (Phi) is 8.21. The van der Waals surface area contributed by atoms with Crippen LogP contribution in [0.2, 0.25) is 0 Å². The van der Waals surface area contributed by atoms with E-state index >= 15 is 0 Å². The van der Waals surface area contributed by atoms with Crippen molar-refractivity contribution in [1.29, 1.82) is 0 Å². The first kappa shape index (κ1) is 27.7. The number of sulfonamides is 1. The zero-order valence-electron chi connectivity index (χ0n) is 22.7. The Bertz CT molecular complexity index is 1610. The van der Waals surface area contributed by atoms with E-state index in [1.54, 1.807) is 42.6 Å². The zero-order valence-corrected chi connectivity index (χ0v) is 23.5. The Morgan fingerprint density at radius 1 is 0.949 bits per heavy atom. The number of hydrogen-bond donors (Lipinski definition) is 1. The summed E-state index contributed by atoms with van der Waals surface area (Å²) in [5, 5.41) is 4.13. The van der Waals surface area contributed by atoms with Crippen molar-refractivity contribution in [2.45, 2.75) is 32.6 Å². The molecule has 4 aromatic rings. The lowest BCUT2D eigenvalue weighted by molar-refractivity contribution is -0.119. The van der Waals surface area contributed by atoms with E-state index in [-0.39, 0.29) is 4.90 Å². The maximum Gasteiger partial charge on any atom is 0.264 e. The predicted molar refractivity (Wildman–Crippen MR) is 154 cm³/mol. The molecule has 9 heteroatoms. The van der Waals surface area contributed by atoms with Gasteiger partial charge in [-0.25, -0.2) is 13.8 Å². The number of aromatic nitrogens is 1. The molecule has 0 aliphatic heterocycles. The van der Waals surface area contributed by atoms with Gasteiger partial charge < -0.3 is 9.30 Å². The molecule has 1 N–H and O–H groups in total. The molecule has 202 valence electrons. The van der Waals surface area contributed by atoms with E-state index in [1.165, 1.54) is 19.2 Å². The maximum absolute atomic E-state index is 13.5. The van der Waals surface area contributed by atoms with Crippen LogP contribution in [0.4, 0.5) is 5.69 Å². The molecule has 0 saturated heterocycles. The summed E-state index contributed by atoms with van der Waals surface area (Å²) in [6.07, 6.45) is 1.57. The molecule has 0 bridgehead atoms. The van der Waals surface area contributed by atoms with Crippen LogP contribution in [0.3, 0.4) is 0 Å². The fraction of sp³-hybridized carbons (Fsp3) is 0.200. The molecule has 1 aromatic heterocycles. The van der Waals surface area contributed by atoms with Crippen molar-refractivity contribution in [2.24, 2.45) is 5.10 Å². The molecular weight excluding hydrogens is 512 g/mol. The minimum atomic E-state index is -4.03. The summed E-state index contributed by atoms with van der Waals surface area (Å²) in [5.74, 6) is -0.00556. The number of methoxy groups -OCH3 is 1. The van der Waals surface area contributed by atoms with Crippen molar-refractivity contribution in [1.82, 2.24) is 9.99 Å². The molecule has 0 unspecified atom stereocenters. The lowest BCUT2D eigenvalue weighted by Crippen LogP contribution is -2.39. The van der Waals surface area contributed by atoms with Gasteiger partial charge in [0.05, 0.1) is 23.9 Å². The molecule has 0 spiro atoms. The Morgan fingerprint density at radius 2 is 1.64 bits per heavy atom. The van der Waals surface area contributed by atoms with Gasteiger partial charge in [0.2, 0.25) is 0 Å². The summed E-state index contributed by atoms with van der Waals surface area (Å²) < 4.78 is 35.5. The topological polar surface area (TPSA) is 93.0 Å². The van der Waals surface area contributed by atoms with Crippen molar-refractivity contribution in [3.05, 3.63) is 107 Å². The van der Waals surface area contributed by atoms with E-state index in [2.05, 4.69) is 21.2 Å². The van der Waals surface area contributed by atoms with Gasteiger partial charge in [-0.1, -0.05) is 29.8 Å². The molecule has 39 heavy (non-hydrogen) atoms. The van der Waals surface area contributed by atoms with Gasteiger partial charge in [-0.3, -0.25) is 9.10 Å². The van der Waals surface area contributed by atoms with Crippen LogP contribution in [0.1, 0.15) is 28.1 Å². The molecule has 0 aliphatic rings. The normalized spacial score (nSPS) is 11.5. The average Bonchev–Trinajstić information content (AvgIpc) is 3.20. The van der Waals surface area contributed by atoms with Crippen LogP contribution < -0.4 is 14.5 Å². The minimum Gasteiger partial charge on any atom is -0.497 e. The zero-order chi connectivity index (χ0) is 28.2. The molecule has 1 amide bonds. The largest absolute Gasteiger partial charge is 0.497 e. The molecule has 0 saturated carbocycles. The van der Waals surface area contributed by atoms with Gasteiger partial charge in [0.25, 0.3) is 15.9 Å². The van der Waals surface area contributed by atoms with Gasteiger partial charge >= 0.3 is 0 Å². The van der Waals surface area contributed by atoms with E-state index in [0.29, 0.717) is 11.4 Å². The highest BCUT2D eigenvalue weighted by Crippen LogP contribution is 2.26. The number of hydrogen-bond acceptors (Lipinski definition) is 5. The van der Waals surface area contributed by atoms with Crippen LogP contribution in [-0.4, -0.2) is 38.8 Å². The van der Waals surface area contributed by atoms with E-state index < -0.39 is 22.5 Å². The molecule has 8 nitrogen and oxygen atoms in total. The number of nitrogens with one attached hydrogen (secondary N) is 1. The van der Waals surface area contributed by atoms with Crippen LogP contribution >= 0.6 is 0 Å². The number of hydrazone groups is 1. The monoisotopic (exact) mass is 544 g/mol. The van der Waals surface area contributed by atoms with Gasteiger partial charge in [-0.05, 0) is 87.9 Å². The lowest BCUT2D eigenvalue weighted by atomic mass is 10.2. The Balaban J connectivity index is 1.56. The Hall–Kier alpha value is -4.37. The fourth-order valence-corrected chi connectivity index (χ4v) is 5.74. The van der Waals surface area contributed by atoms with Crippen molar-refractivity contribution in [3.8, 4) is 11.4 Å². The first-order valence-corrected chi connectivity index (χ1v) is 13.9. The molecule has 0 atom stereocenters. The highest BCUT2D eigenvalue weighted by molar-refractivity contribution is 7.92. The molecule has 3 aromatic carbocycles. The second-order valence-corrected chi connectivity index (χ2v) is 11.2. The minimum absolute atomic E-state index is 0.0869. The smallest absolute Gasteiger partial charge is 0.264 e. The number of ether oxygens (including phenoxy) is 1. The highest BCUT2D eigenvalue weighted by atomic mass is 32.2. The molecule has 4 rings (SSSR count). The van der Waals surface area contributed by atoms with E-state index in [1.807, 2.05) is 52.0 Å². The summed E-state index contributed by atoms with van der Waals surface area (Å²) in [7, 11) is -2.50. The third kappa shape index (κ3) is 6.21. The summed E-state index contributed by atoms with van der Waals surface area (Å²) in [6.45, 7) is 7.46. The van der Waals surface area contributed by atoms with Crippen molar-refractivity contribution < 1.29 is 17.9 Å². The fourth-order valence-electron chi connectivity index (χ4n) is 4.32. The third-order valence-electron chi connectivity index (χ3n) is 6.38. The number of amides is 1. The number of carbonyl (C=O) groups excluding carboxylic acids is 1. The van der Waals surface area contributed by atoms with Gasteiger partial charge in [0.1, 0.15) is 12.3 Å². The van der Waals surface area contributed by atoms with E-state index in [9.17, 15) is 13.2 Å². The highest BCUT2D eigenvalue weighted by Gasteiger charge is 2.27. The summed E-state index contributed by atoms with van der Waals surface area (Å²) in [6, 6.07) is 23.2. The van der Waals surface area contributed by atoms with Crippen LogP contribution in [-0.2, 0) is 14.8 Å². The Labute approximate surface area is 229 Å². The maximum atomic E-state index is 13.5. The number of rotatable bonds is 9. The molecule has 1 heterocycles. The van der Waals surface area contributed by atoms with Crippen molar-refractivity contribution in [2.75, 3.05) is 18.0 Å². The first-order chi connectivity index (χ1) is 18.6.